The molecule has 0 radical (unpaired) electrons. The second kappa shape index (κ2) is 8.35. The third-order valence-corrected chi connectivity index (χ3v) is 6.32. The van der Waals surface area contributed by atoms with E-state index in [1.165, 1.54) is 11.3 Å². The number of hydrogen-bond donors (Lipinski definition) is 2. The molecular formula is C21H23N3O5S. The normalized spacial score (nSPS) is 17.3. The molecule has 3 amide bonds. The Balaban J connectivity index is 1.35. The number of hydrazine groups is 1. The van der Waals surface area contributed by atoms with Gasteiger partial charge in [-0.15, -0.1) is 11.3 Å². The predicted molar refractivity (Wildman–Crippen MR) is 112 cm³/mol. The number of aryl methyl sites for hydroxylation is 2. The summed E-state index contributed by atoms with van der Waals surface area (Å²) in [7, 11) is 0. The van der Waals surface area contributed by atoms with Crippen LogP contribution in [0.1, 0.15) is 39.9 Å². The fourth-order valence-electron chi connectivity index (χ4n) is 3.62. The van der Waals surface area contributed by atoms with Gasteiger partial charge in [0.25, 0.3) is 5.91 Å². The highest BCUT2D eigenvalue weighted by Gasteiger charge is 2.36. The lowest BCUT2D eigenvalue weighted by Gasteiger charge is -2.17. The van der Waals surface area contributed by atoms with Crippen molar-refractivity contribution < 1.29 is 23.9 Å². The maximum absolute atomic E-state index is 12.5. The molecule has 8 nitrogen and oxygen atoms in total. The summed E-state index contributed by atoms with van der Waals surface area (Å²) in [6.45, 7) is 4.47. The molecule has 30 heavy (non-hydrogen) atoms. The summed E-state index contributed by atoms with van der Waals surface area (Å²) in [5, 5.41) is 0. The summed E-state index contributed by atoms with van der Waals surface area (Å²) in [6, 6.07) is 7.11. The third kappa shape index (κ3) is 3.97. The van der Waals surface area contributed by atoms with Gasteiger partial charge in [0.2, 0.25) is 18.6 Å². The zero-order valence-corrected chi connectivity index (χ0v) is 17.6. The number of nitrogens with zero attached hydrogens (tertiary/aromatic N) is 1. The van der Waals surface area contributed by atoms with E-state index in [9.17, 15) is 14.4 Å². The van der Waals surface area contributed by atoms with E-state index in [0.29, 0.717) is 22.1 Å². The Kier molecular flexibility index (Phi) is 5.63. The highest BCUT2D eigenvalue weighted by Crippen LogP contribution is 2.37. The molecular weight excluding hydrogens is 406 g/mol. The lowest BCUT2D eigenvalue weighted by Crippen LogP contribution is -2.45. The minimum absolute atomic E-state index is 0.0783. The van der Waals surface area contributed by atoms with Gasteiger partial charge in [0.1, 0.15) is 0 Å². The average Bonchev–Trinajstić information content (AvgIpc) is 3.44. The standard InChI is InChI=1S/C21H23N3O5S/c1-3-4-13-7-18(30-12(13)2)21(27)23-22-20(26)14-8-19(25)24(10-14)15-5-6-16-17(9-15)29-11-28-16/h5-7,9,14H,3-4,8,10-11H2,1-2H3,(H,22,26)(H,23,27). The summed E-state index contributed by atoms with van der Waals surface area (Å²) in [4.78, 5) is 40.5. The number of hydrogen-bond acceptors (Lipinski definition) is 6. The number of ether oxygens (including phenoxy) is 2. The predicted octanol–water partition coefficient (Wildman–Crippen LogP) is 2.55. The van der Waals surface area contributed by atoms with E-state index in [-0.39, 0.29) is 37.5 Å². The molecule has 2 aromatic rings. The summed E-state index contributed by atoms with van der Waals surface area (Å²) in [5.74, 6) is -0.234. The molecule has 2 aliphatic rings. The van der Waals surface area contributed by atoms with Crippen molar-refractivity contribution in [3.05, 3.63) is 39.6 Å². The Morgan fingerprint density at radius 2 is 2.00 bits per heavy atom. The van der Waals surface area contributed by atoms with Crippen LogP contribution in [-0.2, 0) is 16.0 Å². The van der Waals surface area contributed by atoms with E-state index in [0.717, 1.165) is 23.3 Å². The van der Waals surface area contributed by atoms with Crippen molar-refractivity contribution >= 4 is 34.7 Å². The first-order valence-corrected chi connectivity index (χ1v) is 10.7. The Bertz CT molecular complexity index is 1000. The molecule has 0 spiro atoms. The SMILES string of the molecule is CCCc1cc(C(=O)NNC(=O)C2CC(=O)N(c3ccc4c(c3)OCO4)C2)sc1C. The molecule has 1 unspecified atom stereocenters. The number of carbonyl (C=O) groups is 3. The Hall–Kier alpha value is -3.07. The highest BCUT2D eigenvalue weighted by atomic mass is 32.1. The fourth-order valence-corrected chi connectivity index (χ4v) is 4.58. The molecule has 158 valence electrons. The molecule has 1 aromatic heterocycles. The molecule has 3 heterocycles. The number of carbonyl (C=O) groups excluding carboxylic acids is 3. The topological polar surface area (TPSA) is 97.0 Å². The smallest absolute Gasteiger partial charge is 0.279 e. The second-order valence-electron chi connectivity index (χ2n) is 7.33. The third-order valence-electron chi connectivity index (χ3n) is 5.23. The van der Waals surface area contributed by atoms with Crippen LogP contribution in [0.5, 0.6) is 11.5 Å². The summed E-state index contributed by atoms with van der Waals surface area (Å²) < 4.78 is 10.6. The molecule has 0 aliphatic carbocycles. The van der Waals surface area contributed by atoms with Crippen molar-refractivity contribution in [2.75, 3.05) is 18.2 Å². The van der Waals surface area contributed by atoms with Crippen LogP contribution < -0.4 is 25.2 Å². The minimum atomic E-state index is -0.552. The Morgan fingerprint density at radius 3 is 2.80 bits per heavy atom. The van der Waals surface area contributed by atoms with Crippen LogP contribution in [-0.4, -0.2) is 31.1 Å². The van der Waals surface area contributed by atoms with Crippen molar-refractivity contribution in [1.29, 1.82) is 0 Å². The quantitative estimate of drug-likeness (QED) is 0.712. The monoisotopic (exact) mass is 429 g/mol. The van der Waals surface area contributed by atoms with Gasteiger partial charge in [0.05, 0.1) is 10.8 Å². The van der Waals surface area contributed by atoms with E-state index in [4.69, 9.17) is 9.47 Å². The van der Waals surface area contributed by atoms with Gasteiger partial charge in [-0.05, 0) is 37.1 Å². The van der Waals surface area contributed by atoms with Gasteiger partial charge in [-0.1, -0.05) is 13.3 Å². The van der Waals surface area contributed by atoms with Crippen LogP contribution in [0.2, 0.25) is 0 Å². The van der Waals surface area contributed by atoms with Crippen molar-refractivity contribution in [2.45, 2.75) is 33.1 Å². The number of amides is 3. The molecule has 4 rings (SSSR count). The van der Waals surface area contributed by atoms with Gasteiger partial charge >= 0.3 is 0 Å². The number of thiophene rings is 1. The Morgan fingerprint density at radius 1 is 1.20 bits per heavy atom. The molecule has 2 N–H and O–H groups in total. The molecule has 1 saturated heterocycles. The second-order valence-corrected chi connectivity index (χ2v) is 8.58. The van der Waals surface area contributed by atoms with Crippen LogP contribution in [0, 0.1) is 12.8 Å². The molecule has 2 aliphatic heterocycles. The highest BCUT2D eigenvalue weighted by molar-refractivity contribution is 7.14. The van der Waals surface area contributed by atoms with Gasteiger partial charge in [-0.25, -0.2) is 0 Å². The van der Waals surface area contributed by atoms with Gasteiger partial charge in [-0.3, -0.25) is 25.2 Å². The first kappa shape index (κ1) is 20.2. The van der Waals surface area contributed by atoms with Gasteiger partial charge in [-0.2, -0.15) is 0 Å². The van der Waals surface area contributed by atoms with Crippen molar-refractivity contribution in [2.24, 2.45) is 5.92 Å². The number of nitrogens with one attached hydrogen (secondary N) is 2. The van der Waals surface area contributed by atoms with Gasteiger partial charge in [0, 0.05) is 29.6 Å². The molecule has 9 heteroatoms. The van der Waals surface area contributed by atoms with E-state index < -0.39 is 5.92 Å². The van der Waals surface area contributed by atoms with E-state index in [1.807, 2.05) is 13.0 Å². The number of anilines is 1. The lowest BCUT2D eigenvalue weighted by molar-refractivity contribution is -0.126. The molecule has 1 atom stereocenters. The van der Waals surface area contributed by atoms with Crippen molar-refractivity contribution in [1.82, 2.24) is 10.9 Å². The van der Waals surface area contributed by atoms with Crippen LogP contribution in [0.25, 0.3) is 0 Å². The number of rotatable bonds is 5. The first-order valence-electron chi connectivity index (χ1n) is 9.85. The van der Waals surface area contributed by atoms with Crippen molar-refractivity contribution in [3.8, 4) is 11.5 Å². The van der Waals surface area contributed by atoms with Crippen LogP contribution in [0.4, 0.5) is 5.69 Å². The van der Waals surface area contributed by atoms with Crippen LogP contribution in [0.3, 0.4) is 0 Å². The van der Waals surface area contributed by atoms with Crippen LogP contribution in [0.15, 0.2) is 24.3 Å². The zero-order chi connectivity index (χ0) is 21.3. The molecule has 1 aromatic carbocycles. The van der Waals surface area contributed by atoms with E-state index in [2.05, 4.69) is 17.8 Å². The Labute approximate surface area is 178 Å². The summed E-state index contributed by atoms with van der Waals surface area (Å²) in [6.07, 6.45) is 2.00. The van der Waals surface area contributed by atoms with Gasteiger partial charge in [0.15, 0.2) is 11.5 Å². The lowest BCUT2D eigenvalue weighted by atomic mass is 10.1. The average molecular weight is 429 g/mol. The molecule has 1 fully saturated rings. The minimum Gasteiger partial charge on any atom is -0.454 e. The summed E-state index contributed by atoms with van der Waals surface area (Å²) in [5.41, 5.74) is 6.74. The number of benzene rings is 1. The van der Waals surface area contributed by atoms with E-state index in [1.54, 1.807) is 23.1 Å². The first-order chi connectivity index (χ1) is 14.5. The van der Waals surface area contributed by atoms with E-state index >= 15 is 0 Å². The van der Waals surface area contributed by atoms with Gasteiger partial charge < -0.3 is 14.4 Å². The maximum atomic E-state index is 12.5. The van der Waals surface area contributed by atoms with Crippen LogP contribution >= 0.6 is 11.3 Å². The maximum Gasteiger partial charge on any atom is 0.279 e. The molecule has 0 bridgehead atoms. The molecule has 0 saturated carbocycles. The van der Waals surface area contributed by atoms with Crippen molar-refractivity contribution in [3.63, 3.8) is 0 Å². The summed E-state index contributed by atoms with van der Waals surface area (Å²) >= 11 is 1.41. The number of fused-ring (bicyclic) bond motifs is 1. The zero-order valence-electron chi connectivity index (χ0n) is 16.8. The fraction of sp³-hybridized carbons (Fsp3) is 0.381. The largest absolute Gasteiger partial charge is 0.454 e.